The molecule has 0 bridgehead atoms. The minimum Gasteiger partial charge on any atom is -0.447 e. The van der Waals surface area contributed by atoms with Crippen molar-refractivity contribution in [3.63, 3.8) is 0 Å². The zero-order valence-electron chi connectivity index (χ0n) is 12.3. The molecule has 1 amide bonds. The van der Waals surface area contributed by atoms with Gasteiger partial charge in [-0.15, -0.1) is 0 Å². The van der Waals surface area contributed by atoms with Crippen LogP contribution in [-0.2, 0) is 14.8 Å². The molecular weight excluding hydrogens is 308 g/mol. The standard InChI is InChI=1S/C13H18N4O4S/c1-22(19,20)16-4-2-10(3-5-16)11-8-15-12(9-14-11)17-6-7-21-13(17)18/h8-10H,2-7H2,1H3. The number of piperidine rings is 1. The maximum absolute atomic E-state index is 11.5. The second kappa shape index (κ2) is 5.81. The number of hydrogen-bond donors (Lipinski definition) is 0. The van der Waals surface area contributed by atoms with E-state index in [2.05, 4.69) is 9.97 Å². The van der Waals surface area contributed by atoms with Gasteiger partial charge in [0.1, 0.15) is 6.61 Å². The topological polar surface area (TPSA) is 92.7 Å². The van der Waals surface area contributed by atoms with E-state index in [9.17, 15) is 13.2 Å². The van der Waals surface area contributed by atoms with E-state index >= 15 is 0 Å². The largest absolute Gasteiger partial charge is 0.447 e. The summed E-state index contributed by atoms with van der Waals surface area (Å²) < 4.78 is 29.4. The third kappa shape index (κ3) is 3.05. The van der Waals surface area contributed by atoms with Gasteiger partial charge in [-0.25, -0.2) is 22.5 Å². The second-order valence-electron chi connectivity index (χ2n) is 5.50. The van der Waals surface area contributed by atoms with Crippen molar-refractivity contribution in [2.45, 2.75) is 18.8 Å². The summed E-state index contributed by atoms with van der Waals surface area (Å²) in [7, 11) is -3.12. The van der Waals surface area contributed by atoms with Crippen LogP contribution in [0.4, 0.5) is 10.6 Å². The van der Waals surface area contributed by atoms with E-state index in [-0.39, 0.29) is 5.92 Å². The molecule has 0 saturated carbocycles. The molecule has 0 aromatic carbocycles. The first-order chi connectivity index (χ1) is 10.4. The average Bonchev–Trinajstić information content (AvgIpc) is 2.93. The Labute approximate surface area is 129 Å². The Morgan fingerprint density at radius 1 is 1.18 bits per heavy atom. The van der Waals surface area contributed by atoms with E-state index in [1.807, 2.05) is 0 Å². The molecule has 0 aliphatic carbocycles. The number of rotatable bonds is 3. The van der Waals surface area contributed by atoms with Gasteiger partial charge >= 0.3 is 6.09 Å². The number of ether oxygens (including phenoxy) is 1. The molecule has 8 nitrogen and oxygen atoms in total. The van der Waals surface area contributed by atoms with Crippen LogP contribution in [0.25, 0.3) is 0 Å². The van der Waals surface area contributed by atoms with Crippen molar-refractivity contribution in [1.82, 2.24) is 14.3 Å². The molecule has 3 rings (SSSR count). The molecular formula is C13H18N4O4S. The SMILES string of the molecule is CS(=O)(=O)N1CCC(c2cnc(N3CCOC3=O)cn2)CC1. The Morgan fingerprint density at radius 2 is 1.91 bits per heavy atom. The summed E-state index contributed by atoms with van der Waals surface area (Å²) in [4.78, 5) is 21.6. The van der Waals surface area contributed by atoms with Crippen LogP contribution in [0.15, 0.2) is 12.4 Å². The summed E-state index contributed by atoms with van der Waals surface area (Å²) in [5.41, 5.74) is 0.837. The highest BCUT2D eigenvalue weighted by molar-refractivity contribution is 7.88. The molecule has 3 heterocycles. The monoisotopic (exact) mass is 326 g/mol. The number of hydrogen-bond acceptors (Lipinski definition) is 6. The van der Waals surface area contributed by atoms with Gasteiger partial charge in [0.05, 0.1) is 30.9 Å². The quantitative estimate of drug-likeness (QED) is 0.806. The molecule has 0 radical (unpaired) electrons. The highest BCUT2D eigenvalue weighted by Gasteiger charge is 2.28. The first-order valence-corrected chi connectivity index (χ1v) is 9.01. The van der Waals surface area contributed by atoms with Gasteiger partial charge in [-0.05, 0) is 12.8 Å². The van der Waals surface area contributed by atoms with Crippen LogP contribution in [0.3, 0.4) is 0 Å². The zero-order valence-corrected chi connectivity index (χ0v) is 13.1. The van der Waals surface area contributed by atoms with Gasteiger partial charge in [0.25, 0.3) is 0 Å². The Hall–Kier alpha value is -1.74. The lowest BCUT2D eigenvalue weighted by molar-refractivity contribution is 0.181. The van der Waals surface area contributed by atoms with Crippen molar-refractivity contribution in [3.05, 3.63) is 18.1 Å². The van der Waals surface area contributed by atoms with E-state index in [4.69, 9.17) is 4.74 Å². The van der Waals surface area contributed by atoms with Crippen LogP contribution in [0, 0.1) is 0 Å². The fourth-order valence-electron chi connectivity index (χ4n) is 2.77. The predicted octanol–water partition coefficient (Wildman–Crippen LogP) is 0.572. The first-order valence-electron chi connectivity index (χ1n) is 7.16. The minimum atomic E-state index is -3.12. The Bertz CT molecular complexity index is 653. The number of anilines is 1. The van der Waals surface area contributed by atoms with Crippen LogP contribution >= 0.6 is 0 Å². The number of amides is 1. The predicted molar refractivity (Wildman–Crippen MR) is 79.1 cm³/mol. The van der Waals surface area contributed by atoms with E-state index in [1.54, 1.807) is 12.4 Å². The van der Waals surface area contributed by atoms with Crippen molar-refractivity contribution < 1.29 is 17.9 Å². The van der Waals surface area contributed by atoms with Crippen molar-refractivity contribution in [2.75, 3.05) is 37.4 Å². The van der Waals surface area contributed by atoms with Crippen molar-refractivity contribution in [1.29, 1.82) is 0 Å². The highest BCUT2D eigenvalue weighted by Crippen LogP contribution is 2.28. The van der Waals surface area contributed by atoms with Gasteiger partial charge in [-0.2, -0.15) is 0 Å². The first kappa shape index (κ1) is 15.2. The highest BCUT2D eigenvalue weighted by atomic mass is 32.2. The van der Waals surface area contributed by atoms with Gasteiger partial charge in [-0.3, -0.25) is 9.88 Å². The summed E-state index contributed by atoms with van der Waals surface area (Å²) in [5, 5.41) is 0. The van der Waals surface area contributed by atoms with Crippen LogP contribution in [0.1, 0.15) is 24.5 Å². The summed E-state index contributed by atoms with van der Waals surface area (Å²) in [6.07, 6.45) is 5.53. The Balaban J connectivity index is 1.66. The van der Waals surface area contributed by atoms with E-state index in [1.165, 1.54) is 15.5 Å². The van der Waals surface area contributed by atoms with Crippen LogP contribution in [-0.4, -0.2) is 61.3 Å². The summed E-state index contributed by atoms with van der Waals surface area (Å²) in [6, 6.07) is 0. The molecule has 2 aliphatic heterocycles. The average molecular weight is 326 g/mol. The smallest absolute Gasteiger partial charge is 0.415 e. The van der Waals surface area contributed by atoms with Crippen molar-refractivity contribution in [2.24, 2.45) is 0 Å². The van der Waals surface area contributed by atoms with E-state index in [0.717, 1.165) is 18.5 Å². The number of cyclic esters (lactones) is 1. The van der Waals surface area contributed by atoms with Crippen molar-refractivity contribution in [3.8, 4) is 0 Å². The van der Waals surface area contributed by atoms with Gasteiger partial charge < -0.3 is 4.74 Å². The molecule has 2 fully saturated rings. The molecule has 22 heavy (non-hydrogen) atoms. The van der Waals surface area contributed by atoms with Crippen molar-refractivity contribution >= 4 is 21.9 Å². The maximum Gasteiger partial charge on any atom is 0.415 e. The number of aromatic nitrogens is 2. The number of carbonyl (C=O) groups excluding carboxylic acids is 1. The number of sulfonamides is 1. The number of carbonyl (C=O) groups is 1. The fraction of sp³-hybridized carbons (Fsp3) is 0.615. The van der Waals surface area contributed by atoms with Gasteiger partial charge in [0, 0.05) is 19.0 Å². The molecule has 2 saturated heterocycles. The molecule has 0 atom stereocenters. The van der Waals surface area contributed by atoms with Gasteiger partial charge in [-0.1, -0.05) is 0 Å². The third-order valence-electron chi connectivity index (χ3n) is 4.04. The minimum absolute atomic E-state index is 0.199. The molecule has 0 N–H and O–H groups in total. The molecule has 2 aliphatic rings. The normalized spacial score (nSPS) is 21.1. The van der Waals surface area contributed by atoms with Crippen LogP contribution < -0.4 is 4.90 Å². The summed E-state index contributed by atoms with van der Waals surface area (Å²) in [6.45, 7) is 1.86. The van der Waals surface area contributed by atoms with E-state index in [0.29, 0.717) is 32.1 Å². The molecule has 1 aromatic rings. The zero-order chi connectivity index (χ0) is 15.7. The molecule has 9 heteroatoms. The summed E-state index contributed by atoms with van der Waals surface area (Å²) >= 11 is 0. The van der Waals surface area contributed by atoms with Crippen LogP contribution in [0.5, 0.6) is 0 Å². The lowest BCUT2D eigenvalue weighted by Gasteiger charge is -2.29. The fourth-order valence-corrected chi connectivity index (χ4v) is 3.64. The number of nitrogens with zero attached hydrogens (tertiary/aromatic N) is 4. The van der Waals surface area contributed by atoms with E-state index < -0.39 is 16.1 Å². The summed E-state index contributed by atoms with van der Waals surface area (Å²) in [5.74, 6) is 0.685. The second-order valence-corrected chi connectivity index (χ2v) is 7.48. The Kier molecular flexibility index (Phi) is 4.00. The molecule has 1 aromatic heterocycles. The van der Waals surface area contributed by atoms with Gasteiger partial charge in [0.15, 0.2) is 5.82 Å². The molecule has 0 unspecified atom stereocenters. The molecule has 120 valence electrons. The third-order valence-corrected chi connectivity index (χ3v) is 5.34. The Morgan fingerprint density at radius 3 is 2.41 bits per heavy atom. The maximum atomic E-state index is 11.5. The lowest BCUT2D eigenvalue weighted by atomic mass is 9.95. The van der Waals surface area contributed by atoms with Gasteiger partial charge in [0.2, 0.25) is 10.0 Å². The molecule has 0 spiro atoms. The van der Waals surface area contributed by atoms with Crippen LogP contribution in [0.2, 0.25) is 0 Å². The lowest BCUT2D eigenvalue weighted by Crippen LogP contribution is -2.37.